The maximum Gasteiger partial charge on any atom is 0.338 e. The first kappa shape index (κ1) is 19.1. The van der Waals surface area contributed by atoms with Crippen LogP contribution in [0.25, 0.3) is 20.8 Å². The molecule has 3 aliphatic carbocycles. The number of carbonyl (C=O) groups is 1. The number of ether oxygens (including phenoxy) is 1. The van der Waals surface area contributed by atoms with Gasteiger partial charge in [-0.3, -0.25) is 0 Å². The fourth-order valence-corrected chi connectivity index (χ4v) is 5.67. The van der Waals surface area contributed by atoms with Gasteiger partial charge in [0.1, 0.15) is 22.2 Å². The Morgan fingerprint density at radius 1 is 1.13 bits per heavy atom. The summed E-state index contributed by atoms with van der Waals surface area (Å²) < 4.78 is 36.2. The fourth-order valence-electron chi connectivity index (χ4n) is 4.61. The van der Waals surface area contributed by atoms with Crippen LogP contribution in [0.1, 0.15) is 54.4 Å². The summed E-state index contributed by atoms with van der Waals surface area (Å²) in [6.45, 7) is 0. The molecule has 0 atom stereocenters. The predicted octanol–water partition coefficient (Wildman–Crippen LogP) is 5.99. The van der Waals surface area contributed by atoms with Crippen LogP contribution in [-0.2, 0) is 4.74 Å². The first-order valence-corrected chi connectivity index (χ1v) is 10.8. The van der Waals surface area contributed by atoms with Gasteiger partial charge < -0.3 is 4.74 Å². The summed E-state index contributed by atoms with van der Waals surface area (Å²) in [5.74, 6) is -1.67. The number of rotatable bonds is 3. The van der Waals surface area contributed by atoms with E-state index < -0.39 is 23.2 Å². The molecule has 0 aliphatic heterocycles. The molecule has 0 amide bonds. The van der Waals surface area contributed by atoms with Crippen molar-refractivity contribution < 1.29 is 18.3 Å². The van der Waals surface area contributed by atoms with E-state index in [1.807, 2.05) is 6.07 Å². The van der Waals surface area contributed by atoms with E-state index in [2.05, 4.69) is 4.98 Å². The minimum Gasteiger partial charge on any atom is -0.455 e. The molecule has 7 heteroatoms. The molecule has 0 unspecified atom stereocenters. The van der Waals surface area contributed by atoms with Crippen LogP contribution < -0.4 is 0 Å². The molecule has 3 aliphatic rings. The smallest absolute Gasteiger partial charge is 0.338 e. The Hall–Kier alpha value is -2.85. The number of hydrogen-bond acceptors (Lipinski definition) is 5. The molecular formula is C23H18F2N2O2S. The van der Waals surface area contributed by atoms with Gasteiger partial charge in [-0.1, -0.05) is 0 Å². The van der Waals surface area contributed by atoms with Gasteiger partial charge in [0.2, 0.25) is 0 Å². The standard InChI is InChI=1S/C23H18F2N2O2S/c24-16-10-15(22(28)29-23-6-3-13(4-7-23)5-8-23)11-17(25)20(16)21-27-18-2-1-14(12-26)9-19(18)30-21/h1-2,9-11,13H,3-8H2. The third-order valence-corrected chi connectivity index (χ3v) is 7.38. The lowest BCUT2D eigenvalue weighted by Crippen LogP contribution is -2.43. The predicted molar refractivity (Wildman–Crippen MR) is 109 cm³/mol. The second-order valence-electron chi connectivity index (χ2n) is 8.18. The highest BCUT2D eigenvalue weighted by molar-refractivity contribution is 7.21. The Labute approximate surface area is 176 Å². The molecule has 0 radical (unpaired) electrons. The average Bonchev–Trinajstić information content (AvgIpc) is 3.16. The molecule has 3 saturated carbocycles. The molecule has 30 heavy (non-hydrogen) atoms. The van der Waals surface area contributed by atoms with Crippen LogP contribution >= 0.6 is 11.3 Å². The quantitative estimate of drug-likeness (QED) is 0.484. The number of nitriles is 1. The van der Waals surface area contributed by atoms with Crippen molar-refractivity contribution in [3.8, 4) is 16.6 Å². The second-order valence-corrected chi connectivity index (χ2v) is 9.21. The van der Waals surface area contributed by atoms with Gasteiger partial charge in [0.05, 0.1) is 33.0 Å². The summed E-state index contributed by atoms with van der Waals surface area (Å²) in [5.41, 5.74) is 0.130. The second kappa shape index (κ2) is 7.13. The van der Waals surface area contributed by atoms with E-state index in [4.69, 9.17) is 10.00 Å². The van der Waals surface area contributed by atoms with Crippen molar-refractivity contribution in [3.63, 3.8) is 0 Å². The summed E-state index contributed by atoms with van der Waals surface area (Å²) >= 11 is 1.10. The Morgan fingerprint density at radius 2 is 1.80 bits per heavy atom. The third-order valence-electron chi connectivity index (χ3n) is 6.34. The maximum absolute atomic E-state index is 14.9. The summed E-state index contributed by atoms with van der Waals surface area (Å²) in [4.78, 5) is 16.9. The molecule has 1 aromatic heterocycles. The van der Waals surface area contributed by atoms with Gasteiger partial charge in [0.15, 0.2) is 0 Å². The summed E-state index contributed by atoms with van der Waals surface area (Å²) in [7, 11) is 0. The van der Waals surface area contributed by atoms with Gasteiger partial charge in [-0.2, -0.15) is 5.26 Å². The highest BCUT2D eigenvalue weighted by Gasteiger charge is 2.43. The van der Waals surface area contributed by atoms with Crippen LogP contribution in [0.2, 0.25) is 0 Å². The Bertz CT molecular complexity index is 1170. The van der Waals surface area contributed by atoms with E-state index in [9.17, 15) is 13.6 Å². The third kappa shape index (κ3) is 3.25. The van der Waals surface area contributed by atoms with E-state index in [0.29, 0.717) is 15.8 Å². The minimum absolute atomic E-state index is 0.122. The lowest BCUT2D eigenvalue weighted by atomic mass is 9.68. The number of nitrogens with zero attached hydrogens (tertiary/aromatic N) is 2. The zero-order chi connectivity index (χ0) is 20.9. The highest BCUT2D eigenvalue weighted by atomic mass is 32.1. The van der Waals surface area contributed by atoms with Gasteiger partial charge in [-0.05, 0) is 74.8 Å². The van der Waals surface area contributed by atoms with E-state index in [1.165, 1.54) is 0 Å². The SMILES string of the molecule is N#Cc1ccc2nc(-c3c(F)cc(C(=O)OC45CCC(CC4)CC5)cc3F)sc2c1. The van der Waals surface area contributed by atoms with Gasteiger partial charge in [-0.15, -0.1) is 11.3 Å². The van der Waals surface area contributed by atoms with Crippen molar-refractivity contribution in [2.75, 3.05) is 0 Å². The summed E-state index contributed by atoms with van der Waals surface area (Å²) in [6.07, 6.45) is 5.59. The van der Waals surface area contributed by atoms with Crippen LogP contribution in [0.15, 0.2) is 30.3 Å². The summed E-state index contributed by atoms with van der Waals surface area (Å²) in [5, 5.41) is 9.18. The molecule has 2 bridgehead atoms. The van der Waals surface area contributed by atoms with E-state index in [0.717, 1.165) is 67.9 Å². The van der Waals surface area contributed by atoms with E-state index in [-0.39, 0.29) is 16.1 Å². The lowest BCUT2D eigenvalue weighted by molar-refractivity contribution is -0.0753. The topological polar surface area (TPSA) is 63.0 Å². The number of carbonyl (C=O) groups excluding carboxylic acids is 1. The molecule has 4 nitrogen and oxygen atoms in total. The van der Waals surface area contributed by atoms with Crippen LogP contribution in [0.4, 0.5) is 8.78 Å². The normalized spacial score (nSPS) is 22.8. The molecule has 152 valence electrons. The fraction of sp³-hybridized carbons (Fsp3) is 0.348. The maximum atomic E-state index is 14.9. The van der Waals surface area contributed by atoms with Crippen molar-refractivity contribution in [3.05, 3.63) is 53.1 Å². The molecule has 3 fully saturated rings. The molecule has 0 spiro atoms. The zero-order valence-electron chi connectivity index (χ0n) is 16.1. The monoisotopic (exact) mass is 424 g/mol. The Morgan fingerprint density at radius 3 is 2.43 bits per heavy atom. The molecule has 1 heterocycles. The van der Waals surface area contributed by atoms with Crippen molar-refractivity contribution in [1.82, 2.24) is 4.98 Å². The van der Waals surface area contributed by atoms with Crippen LogP contribution in [0.5, 0.6) is 0 Å². The Kier molecular flexibility index (Phi) is 4.55. The lowest BCUT2D eigenvalue weighted by Gasteiger charge is -2.45. The number of halogens is 2. The van der Waals surface area contributed by atoms with Crippen LogP contribution in [0, 0.1) is 28.9 Å². The van der Waals surface area contributed by atoms with Gasteiger partial charge in [0, 0.05) is 0 Å². The van der Waals surface area contributed by atoms with Crippen molar-refractivity contribution in [1.29, 1.82) is 5.26 Å². The van der Waals surface area contributed by atoms with E-state index >= 15 is 0 Å². The summed E-state index contributed by atoms with van der Waals surface area (Å²) in [6, 6.07) is 8.98. The number of benzene rings is 2. The molecule has 2 aromatic carbocycles. The highest BCUT2D eigenvalue weighted by Crippen LogP contribution is 2.46. The van der Waals surface area contributed by atoms with Gasteiger partial charge in [-0.25, -0.2) is 18.6 Å². The zero-order valence-corrected chi connectivity index (χ0v) is 16.9. The minimum atomic E-state index is -0.855. The van der Waals surface area contributed by atoms with Crippen LogP contribution in [-0.4, -0.2) is 16.6 Å². The first-order valence-electron chi connectivity index (χ1n) is 10.00. The molecule has 3 aromatic rings. The number of esters is 1. The molecule has 0 N–H and O–H groups in total. The first-order chi connectivity index (χ1) is 14.5. The molecule has 0 saturated heterocycles. The number of aromatic nitrogens is 1. The van der Waals surface area contributed by atoms with Gasteiger partial charge in [0.25, 0.3) is 0 Å². The number of thiazole rings is 1. The molecule has 6 rings (SSSR count). The largest absolute Gasteiger partial charge is 0.455 e. The number of fused-ring (bicyclic) bond motifs is 4. The number of hydrogen-bond donors (Lipinski definition) is 0. The van der Waals surface area contributed by atoms with E-state index in [1.54, 1.807) is 18.2 Å². The molecular weight excluding hydrogens is 406 g/mol. The van der Waals surface area contributed by atoms with Crippen molar-refractivity contribution in [2.24, 2.45) is 5.92 Å². The Balaban J connectivity index is 1.45. The average molecular weight is 424 g/mol. The van der Waals surface area contributed by atoms with Crippen LogP contribution in [0.3, 0.4) is 0 Å². The van der Waals surface area contributed by atoms with Crippen molar-refractivity contribution in [2.45, 2.75) is 44.1 Å². The van der Waals surface area contributed by atoms with Gasteiger partial charge >= 0.3 is 5.97 Å². The van der Waals surface area contributed by atoms with Crippen molar-refractivity contribution >= 4 is 27.5 Å².